The Balaban J connectivity index is 1.79. The zero-order valence-corrected chi connectivity index (χ0v) is 16.2. The number of nitrogens with one attached hydrogen (secondary N) is 2. The van der Waals surface area contributed by atoms with Gasteiger partial charge < -0.3 is 20.1 Å². The van der Waals surface area contributed by atoms with E-state index in [-0.39, 0.29) is 30.9 Å². The third-order valence-corrected chi connectivity index (χ3v) is 4.70. The second-order valence-corrected chi connectivity index (χ2v) is 8.10. The van der Waals surface area contributed by atoms with Gasteiger partial charge in [0.05, 0.1) is 11.6 Å². The SMILES string of the molecule is Cc1c(C(CNC(=O)OC(C)(C)C)NC(=O)C2CC2)ccc2c1COC2=O. The summed E-state index contributed by atoms with van der Waals surface area (Å²) in [5.74, 6) is -0.294. The van der Waals surface area contributed by atoms with E-state index in [2.05, 4.69) is 10.6 Å². The number of esters is 1. The minimum atomic E-state index is -0.599. The Hall–Kier alpha value is -2.57. The van der Waals surface area contributed by atoms with Crippen molar-refractivity contribution < 1.29 is 23.9 Å². The van der Waals surface area contributed by atoms with Crippen LogP contribution in [0, 0.1) is 12.8 Å². The first-order valence-corrected chi connectivity index (χ1v) is 9.22. The molecule has 2 amide bonds. The molecule has 0 aromatic heterocycles. The molecule has 0 bridgehead atoms. The van der Waals surface area contributed by atoms with Gasteiger partial charge in [-0.25, -0.2) is 9.59 Å². The van der Waals surface area contributed by atoms with Crippen LogP contribution in [0.1, 0.15) is 66.7 Å². The van der Waals surface area contributed by atoms with Gasteiger partial charge in [0.25, 0.3) is 0 Å². The quantitative estimate of drug-likeness (QED) is 0.773. The molecule has 1 fully saturated rings. The number of ether oxygens (including phenoxy) is 2. The molecule has 1 aliphatic heterocycles. The van der Waals surface area contributed by atoms with Crippen LogP contribution in [-0.4, -0.2) is 30.1 Å². The highest BCUT2D eigenvalue weighted by molar-refractivity contribution is 5.94. The minimum absolute atomic E-state index is 0.0155. The normalized spacial score (nSPS) is 17.0. The maximum absolute atomic E-state index is 12.3. The molecule has 146 valence electrons. The van der Waals surface area contributed by atoms with Crippen molar-refractivity contribution in [1.29, 1.82) is 0 Å². The van der Waals surface area contributed by atoms with Crippen molar-refractivity contribution >= 4 is 18.0 Å². The second kappa shape index (κ2) is 7.21. The molecule has 27 heavy (non-hydrogen) atoms. The van der Waals surface area contributed by atoms with E-state index in [0.29, 0.717) is 5.56 Å². The fourth-order valence-electron chi connectivity index (χ4n) is 3.12. The van der Waals surface area contributed by atoms with Crippen LogP contribution in [-0.2, 0) is 20.9 Å². The summed E-state index contributed by atoms with van der Waals surface area (Å²) in [6.45, 7) is 7.71. The largest absolute Gasteiger partial charge is 0.457 e. The topological polar surface area (TPSA) is 93.7 Å². The standard InChI is InChI=1S/C20H26N2O5/c1-11-13(7-8-14-15(11)10-26-18(14)24)16(22-17(23)12-5-6-12)9-21-19(25)27-20(2,3)4/h7-8,12,16H,5-6,9-10H2,1-4H3,(H,21,25)(H,22,23). The van der Waals surface area contributed by atoms with Crippen LogP contribution in [0.25, 0.3) is 0 Å². The predicted octanol–water partition coefficient (Wildman–Crippen LogP) is 2.76. The van der Waals surface area contributed by atoms with Gasteiger partial charge in [0, 0.05) is 18.0 Å². The molecule has 3 rings (SSSR count). The van der Waals surface area contributed by atoms with Crippen molar-refractivity contribution in [3.8, 4) is 0 Å². The molecule has 1 heterocycles. The molecule has 1 aromatic rings. The molecule has 7 nitrogen and oxygen atoms in total. The van der Waals surface area contributed by atoms with Gasteiger partial charge in [0.2, 0.25) is 5.91 Å². The third kappa shape index (κ3) is 4.59. The number of hydrogen-bond donors (Lipinski definition) is 2. The van der Waals surface area contributed by atoms with Crippen molar-refractivity contribution in [2.75, 3.05) is 6.54 Å². The van der Waals surface area contributed by atoms with Gasteiger partial charge in [-0.2, -0.15) is 0 Å². The lowest BCUT2D eigenvalue weighted by molar-refractivity contribution is -0.123. The van der Waals surface area contributed by atoms with E-state index in [1.165, 1.54) is 0 Å². The summed E-state index contributed by atoms with van der Waals surface area (Å²) in [5.41, 5.74) is 2.55. The Morgan fingerprint density at radius 1 is 1.30 bits per heavy atom. The van der Waals surface area contributed by atoms with Crippen molar-refractivity contribution in [2.24, 2.45) is 5.92 Å². The van der Waals surface area contributed by atoms with Gasteiger partial charge in [0.15, 0.2) is 0 Å². The maximum Gasteiger partial charge on any atom is 0.407 e. The number of carbonyl (C=O) groups is 3. The van der Waals surface area contributed by atoms with E-state index in [9.17, 15) is 14.4 Å². The number of fused-ring (bicyclic) bond motifs is 1. The minimum Gasteiger partial charge on any atom is -0.457 e. The Kier molecular flexibility index (Phi) is 5.13. The number of benzene rings is 1. The highest BCUT2D eigenvalue weighted by Gasteiger charge is 2.33. The Labute approximate surface area is 158 Å². The van der Waals surface area contributed by atoms with Crippen LogP contribution in [0.3, 0.4) is 0 Å². The van der Waals surface area contributed by atoms with Crippen LogP contribution >= 0.6 is 0 Å². The number of hydrogen-bond acceptors (Lipinski definition) is 5. The summed E-state index contributed by atoms with van der Waals surface area (Å²) in [6, 6.07) is 3.12. The first-order valence-electron chi connectivity index (χ1n) is 9.22. The average Bonchev–Trinajstić information content (AvgIpc) is 3.35. The molecular weight excluding hydrogens is 348 g/mol. The van der Waals surface area contributed by atoms with Crippen molar-refractivity contribution in [3.05, 3.63) is 34.4 Å². The molecule has 0 radical (unpaired) electrons. The zero-order valence-electron chi connectivity index (χ0n) is 16.2. The van der Waals surface area contributed by atoms with Gasteiger partial charge in [-0.05, 0) is 57.7 Å². The fourth-order valence-corrected chi connectivity index (χ4v) is 3.12. The van der Waals surface area contributed by atoms with E-state index in [1.807, 2.05) is 13.0 Å². The smallest absolute Gasteiger partial charge is 0.407 e. The van der Waals surface area contributed by atoms with E-state index >= 15 is 0 Å². The van der Waals surface area contributed by atoms with Gasteiger partial charge >= 0.3 is 12.1 Å². The lowest BCUT2D eigenvalue weighted by Crippen LogP contribution is -2.40. The number of carbonyl (C=O) groups excluding carboxylic acids is 3. The van der Waals surface area contributed by atoms with Crippen molar-refractivity contribution in [2.45, 2.75) is 58.8 Å². The van der Waals surface area contributed by atoms with E-state index in [1.54, 1.807) is 26.8 Å². The number of amides is 2. The van der Waals surface area contributed by atoms with Crippen LogP contribution in [0.5, 0.6) is 0 Å². The van der Waals surface area contributed by atoms with Crippen LogP contribution < -0.4 is 10.6 Å². The molecule has 0 saturated heterocycles. The summed E-state index contributed by atoms with van der Waals surface area (Å²) in [7, 11) is 0. The molecule has 1 saturated carbocycles. The molecule has 1 unspecified atom stereocenters. The number of alkyl carbamates (subject to hydrolysis) is 1. The lowest BCUT2D eigenvalue weighted by Gasteiger charge is -2.24. The summed E-state index contributed by atoms with van der Waals surface area (Å²) in [6.07, 6.45) is 1.25. The molecule has 1 atom stereocenters. The molecule has 7 heteroatoms. The lowest BCUT2D eigenvalue weighted by atomic mass is 9.94. The summed E-state index contributed by atoms with van der Waals surface area (Å²) < 4.78 is 10.4. The van der Waals surface area contributed by atoms with Crippen LogP contribution in [0.15, 0.2) is 12.1 Å². The molecule has 2 N–H and O–H groups in total. The van der Waals surface area contributed by atoms with E-state index in [4.69, 9.17) is 9.47 Å². The highest BCUT2D eigenvalue weighted by atomic mass is 16.6. The maximum atomic E-state index is 12.3. The molecule has 0 spiro atoms. The molecule has 2 aliphatic rings. The zero-order chi connectivity index (χ0) is 19.8. The number of cyclic esters (lactones) is 1. The summed E-state index contributed by atoms with van der Waals surface area (Å²) in [4.78, 5) is 36.1. The van der Waals surface area contributed by atoms with Crippen molar-refractivity contribution in [3.63, 3.8) is 0 Å². The van der Waals surface area contributed by atoms with Crippen LogP contribution in [0.2, 0.25) is 0 Å². The van der Waals surface area contributed by atoms with Gasteiger partial charge in [-0.15, -0.1) is 0 Å². The molecule has 1 aliphatic carbocycles. The van der Waals surface area contributed by atoms with E-state index < -0.39 is 17.7 Å². The molecular formula is C20H26N2O5. The monoisotopic (exact) mass is 374 g/mol. The first-order chi connectivity index (χ1) is 12.7. The average molecular weight is 374 g/mol. The Bertz CT molecular complexity index is 777. The molecule has 1 aromatic carbocycles. The fraction of sp³-hybridized carbons (Fsp3) is 0.550. The van der Waals surface area contributed by atoms with Crippen molar-refractivity contribution in [1.82, 2.24) is 10.6 Å². The Morgan fingerprint density at radius 3 is 2.63 bits per heavy atom. The number of rotatable bonds is 5. The second-order valence-electron chi connectivity index (χ2n) is 8.10. The van der Waals surface area contributed by atoms with Gasteiger partial charge in [-0.1, -0.05) is 6.07 Å². The van der Waals surface area contributed by atoms with Gasteiger partial charge in [0.1, 0.15) is 12.2 Å². The summed E-state index contributed by atoms with van der Waals surface area (Å²) in [5, 5.41) is 5.75. The van der Waals surface area contributed by atoms with E-state index in [0.717, 1.165) is 29.5 Å². The third-order valence-electron chi connectivity index (χ3n) is 4.70. The first kappa shape index (κ1) is 19.2. The Morgan fingerprint density at radius 2 is 2.00 bits per heavy atom. The predicted molar refractivity (Wildman–Crippen MR) is 98.1 cm³/mol. The highest BCUT2D eigenvalue weighted by Crippen LogP contribution is 2.32. The van der Waals surface area contributed by atoms with Gasteiger partial charge in [-0.3, -0.25) is 4.79 Å². The summed E-state index contributed by atoms with van der Waals surface area (Å²) >= 11 is 0. The van der Waals surface area contributed by atoms with Crippen LogP contribution in [0.4, 0.5) is 4.79 Å².